The largest absolute Gasteiger partial charge is 0.324 e. The van der Waals surface area contributed by atoms with Gasteiger partial charge < -0.3 is 5.32 Å². The van der Waals surface area contributed by atoms with Crippen LogP contribution in [0.3, 0.4) is 0 Å². The predicted molar refractivity (Wildman–Crippen MR) is 89.3 cm³/mol. The fourth-order valence-corrected chi connectivity index (χ4v) is 3.53. The van der Waals surface area contributed by atoms with Gasteiger partial charge in [0.05, 0.1) is 11.8 Å². The molecule has 0 aliphatic carbocycles. The second-order valence-corrected chi connectivity index (χ2v) is 7.05. The maximum Gasteiger partial charge on any atom is 0.242 e. The second kappa shape index (κ2) is 6.89. The van der Waals surface area contributed by atoms with Gasteiger partial charge in [0.1, 0.15) is 0 Å². The molecule has 1 amide bonds. The summed E-state index contributed by atoms with van der Waals surface area (Å²) in [5, 5.41) is 4.72. The molecule has 0 radical (unpaired) electrons. The van der Waals surface area contributed by atoms with Gasteiger partial charge in [-0.1, -0.05) is 43.3 Å². The molecule has 1 atom stereocenters. The smallest absolute Gasteiger partial charge is 0.242 e. The summed E-state index contributed by atoms with van der Waals surface area (Å²) in [6.07, 6.45) is 0.507. The van der Waals surface area contributed by atoms with Gasteiger partial charge in [0.25, 0.3) is 0 Å². The van der Waals surface area contributed by atoms with Gasteiger partial charge in [-0.15, -0.1) is 0 Å². The van der Waals surface area contributed by atoms with E-state index < -0.39 is 16.1 Å². The average molecular weight is 320 g/mol. The molecular weight excluding hydrogens is 300 g/mol. The molecule has 0 spiro atoms. The number of amides is 1. The van der Waals surface area contributed by atoms with Crippen molar-refractivity contribution in [3.05, 3.63) is 42.5 Å². The first-order chi connectivity index (χ1) is 10.4. The number of benzene rings is 2. The third kappa shape index (κ3) is 4.05. The average Bonchev–Trinajstić information content (AvgIpc) is 2.47. The first kappa shape index (κ1) is 16.5. The minimum atomic E-state index is -3.42. The highest BCUT2D eigenvalue weighted by molar-refractivity contribution is 7.89. The van der Waals surface area contributed by atoms with E-state index in [9.17, 15) is 13.2 Å². The molecule has 0 aromatic heterocycles. The normalized spacial score (nSPS) is 13.0. The van der Waals surface area contributed by atoms with Crippen molar-refractivity contribution in [2.75, 3.05) is 11.1 Å². The first-order valence-electron chi connectivity index (χ1n) is 7.21. The van der Waals surface area contributed by atoms with Crippen LogP contribution in [0.2, 0.25) is 0 Å². The van der Waals surface area contributed by atoms with Gasteiger partial charge in [0.15, 0.2) is 0 Å². The quantitative estimate of drug-likeness (QED) is 0.858. The van der Waals surface area contributed by atoms with Crippen molar-refractivity contribution >= 4 is 32.4 Å². The van der Waals surface area contributed by atoms with Crippen molar-refractivity contribution < 1.29 is 13.2 Å². The number of sulfonamides is 1. The highest BCUT2D eigenvalue weighted by Crippen LogP contribution is 2.23. The van der Waals surface area contributed by atoms with E-state index >= 15 is 0 Å². The maximum absolute atomic E-state index is 12.2. The summed E-state index contributed by atoms with van der Waals surface area (Å²) in [4.78, 5) is 12.2. The lowest BCUT2D eigenvalue weighted by Gasteiger charge is -2.15. The molecule has 6 heteroatoms. The molecule has 0 saturated carbocycles. The molecule has 5 nitrogen and oxygen atoms in total. The van der Waals surface area contributed by atoms with Gasteiger partial charge in [-0.05, 0) is 24.8 Å². The lowest BCUT2D eigenvalue weighted by Crippen LogP contribution is -2.42. The molecule has 0 fully saturated rings. The van der Waals surface area contributed by atoms with Crippen LogP contribution in [0, 0.1) is 0 Å². The van der Waals surface area contributed by atoms with Crippen LogP contribution in [0.5, 0.6) is 0 Å². The standard InChI is InChI=1S/C16H20N2O3S/c1-3-11-22(20,21)18-12(2)16(19)17-15-10-6-8-13-7-4-5-9-14(13)15/h4-10,12,18H,3,11H2,1-2H3,(H,17,19). The van der Waals surface area contributed by atoms with E-state index in [1.807, 2.05) is 36.4 Å². The van der Waals surface area contributed by atoms with E-state index in [2.05, 4.69) is 10.0 Å². The van der Waals surface area contributed by atoms with Gasteiger partial charge in [-0.2, -0.15) is 0 Å². The number of nitrogens with one attached hydrogen (secondary N) is 2. The Balaban J connectivity index is 2.14. The van der Waals surface area contributed by atoms with Crippen LogP contribution < -0.4 is 10.0 Å². The van der Waals surface area contributed by atoms with Crippen LogP contribution in [-0.2, 0) is 14.8 Å². The summed E-state index contributed by atoms with van der Waals surface area (Å²) >= 11 is 0. The minimum Gasteiger partial charge on any atom is -0.324 e. The zero-order chi connectivity index (χ0) is 16.2. The fraction of sp³-hybridized carbons (Fsp3) is 0.312. The number of carbonyl (C=O) groups is 1. The van der Waals surface area contributed by atoms with Crippen LogP contribution in [0.1, 0.15) is 20.3 Å². The van der Waals surface area contributed by atoms with Gasteiger partial charge in [0, 0.05) is 11.1 Å². The van der Waals surface area contributed by atoms with Gasteiger partial charge >= 0.3 is 0 Å². The highest BCUT2D eigenvalue weighted by Gasteiger charge is 2.20. The Labute approximate surface area is 130 Å². The molecule has 0 heterocycles. The Morgan fingerprint density at radius 2 is 1.82 bits per heavy atom. The van der Waals surface area contributed by atoms with Gasteiger partial charge in [-0.25, -0.2) is 13.1 Å². The zero-order valence-corrected chi connectivity index (χ0v) is 13.5. The summed E-state index contributed by atoms with van der Waals surface area (Å²) in [6.45, 7) is 3.31. The van der Waals surface area contributed by atoms with Gasteiger partial charge in [0.2, 0.25) is 15.9 Å². The van der Waals surface area contributed by atoms with Crippen LogP contribution in [0.25, 0.3) is 10.8 Å². The zero-order valence-electron chi connectivity index (χ0n) is 12.7. The SMILES string of the molecule is CCCS(=O)(=O)NC(C)C(=O)Nc1cccc2ccccc12. The van der Waals surface area contributed by atoms with Crippen molar-refractivity contribution in [2.45, 2.75) is 26.3 Å². The van der Waals surface area contributed by atoms with E-state index in [1.165, 1.54) is 6.92 Å². The number of hydrogen-bond donors (Lipinski definition) is 2. The Bertz CT molecular complexity index is 767. The number of rotatable bonds is 6. The molecule has 2 aromatic rings. The summed E-state index contributed by atoms with van der Waals surface area (Å²) in [5.41, 5.74) is 0.671. The molecule has 0 saturated heterocycles. The van der Waals surface area contributed by atoms with E-state index in [1.54, 1.807) is 13.0 Å². The molecule has 22 heavy (non-hydrogen) atoms. The van der Waals surface area contributed by atoms with Gasteiger partial charge in [-0.3, -0.25) is 4.79 Å². The van der Waals surface area contributed by atoms with Crippen molar-refractivity contribution in [1.82, 2.24) is 4.72 Å². The van der Waals surface area contributed by atoms with Crippen LogP contribution in [0.4, 0.5) is 5.69 Å². The number of fused-ring (bicyclic) bond motifs is 1. The molecule has 2 N–H and O–H groups in total. The minimum absolute atomic E-state index is 0.0128. The molecule has 0 aliphatic heterocycles. The van der Waals surface area contributed by atoms with Crippen molar-refractivity contribution in [3.8, 4) is 0 Å². The van der Waals surface area contributed by atoms with E-state index in [-0.39, 0.29) is 11.7 Å². The van der Waals surface area contributed by atoms with Crippen molar-refractivity contribution in [1.29, 1.82) is 0 Å². The second-order valence-electron chi connectivity index (χ2n) is 5.17. The van der Waals surface area contributed by atoms with Crippen molar-refractivity contribution in [2.24, 2.45) is 0 Å². The van der Waals surface area contributed by atoms with Crippen LogP contribution >= 0.6 is 0 Å². The fourth-order valence-electron chi connectivity index (χ4n) is 2.23. The topological polar surface area (TPSA) is 75.3 Å². The molecule has 0 aliphatic rings. The van der Waals surface area contributed by atoms with Crippen LogP contribution in [-0.4, -0.2) is 26.1 Å². The summed E-state index contributed by atoms with van der Waals surface area (Å²) < 4.78 is 25.8. The molecular formula is C16H20N2O3S. The first-order valence-corrected chi connectivity index (χ1v) is 8.87. The van der Waals surface area contributed by atoms with Crippen molar-refractivity contribution in [3.63, 3.8) is 0 Å². The molecule has 2 aromatic carbocycles. The Morgan fingerprint density at radius 1 is 1.14 bits per heavy atom. The molecule has 2 rings (SSSR count). The molecule has 0 bridgehead atoms. The summed E-state index contributed by atoms with van der Waals surface area (Å²) in [5.74, 6) is -0.366. The molecule has 118 valence electrons. The Morgan fingerprint density at radius 3 is 2.55 bits per heavy atom. The Hall–Kier alpha value is -1.92. The third-order valence-corrected chi connectivity index (χ3v) is 4.93. The van der Waals surface area contributed by atoms with E-state index in [4.69, 9.17) is 0 Å². The monoisotopic (exact) mass is 320 g/mol. The lowest BCUT2D eigenvalue weighted by molar-refractivity contribution is -0.117. The predicted octanol–water partition coefficient (Wildman–Crippen LogP) is 2.50. The van der Waals surface area contributed by atoms with Crippen LogP contribution in [0.15, 0.2) is 42.5 Å². The number of hydrogen-bond acceptors (Lipinski definition) is 3. The van der Waals surface area contributed by atoms with E-state index in [0.29, 0.717) is 12.1 Å². The third-order valence-electron chi connectivity index (χ3n) is 3.27. The molecule has 1 unspecified atom stereocenters. The summed E-state index contributed by atoms with van der Waals surface area (Å²) in [7, 11) is -3.42. The van der Waals surface area contributed by atoms with E-state index in [0.717, 1.165) is 10.8 Å². The Kier molecular flexibility index (Phi) is 5.15. The maximum atomic E-state index is 12.2. The highest BCUT2D eigenvalue weighted by atomic mass is 32.2. The lowest BCUT2D eigenvalue weighted by atomic mass is 10.1. The summed E-state index contributed by atoms with van der Waals surface area (Å²) in [6, 6.07) is 12.5. The number of carbonyl (C=O) groups excluding carboxylic acids is 1. The number of anilines is 1.